The Balaban J connectivity index is 0.00000182. The zero-order valence-electron chi connectivity index (χ0n) is 14.2. The van der Waals surface area contributed by atoms with E-state index < -0.39 is 0 Å². The highest BCUT2D eigenvalue weighted by Crippen LogP contribution is 2.25. The SMILES string of the molecule is Cl.Cl.O=C(Nc1ccc(Cl)c(Cl)c1)N1CCNCC1COc1cccnc1. The highest BCUT2D eigenvalue weighted by molar-refractivity contribution is 6.42. The number of nitrogens with zero attached hydrogens (tertiary/aromatic N) is 2. The van der Waals surface area contributed by atoms with Crippen LogP contribution in [0.4, 0.5) is 10.5 Å². The number of rotatable bonds is 4. The smallest absolute Gasteiger partial charge is 0.322 e. The van der Waals surface area contributed by atoms with E-state index in [1.807, 2.05) is 12.1 Å². The second kappa shape index (κ2) is 11.4. The van der Waals surface area contributed by atoms with Gasteiger partial charge in [-0.2, -0.15) is 0 Å². The van der Waals surface area contributed by atoms with E-state index in [9.17, 15) is 4.79 Å². The summed E-state index contributed by atoms with van der Waals surface area (Å²) in [4.78, 5) is 18.4. The van der Waals surface area contributed by atoms with Crippen molar-refractivity contribution in [2.45, 2.75) is 6.04 Å². The topological polar surface area (TPSA) is 66.5 Å². The van der Waals surface area contributed by atoms with Crippen molar-refractivity contribution in [3.05, 3.63) is 52.8 Å². The molecule has 0 radical (unpaired) electrons. The fourth-order valence-electron chi connectivity index (χ4n) is 2.57. The number of benzene rings is 1. The number of carbonyl (C=O) groups is 1. The van der Waals surface area contributed by atoms with Gasteiger partial charge < -0.3 is 20.3 Å². The van der Waals surface area contributed by atoms with Gasteiger partial charge in [-0.1, -0.05) is 23.2 Å². The van der Waals surface area contributed by atoms with Crippen molar-refractivity contribution in [2.75, 3.05) is 31.6 Å². The molecule has 0 spiro atoms. The molecule has 0 aliphatic carbocycles. The molecule has 2 heterocycles. The number of hydrogen-bond acceptors (Lipinski definition) is 4. The number of ether oxygens (including phenoxy) is 1. The van der Waals surface area contributed by atoms with Crippen molar-refractivity contribution in [3.8, 4) is 5.75 Å². The lowest BCUT2D eigenvalue weighted by Gasteiger charge is -2.35. The van der Waals surface area contributed by atoms with Crippen LogP contribution in [0.5, 0.6) is 5.75 Å². The molecule has 1 aliphatic heterocycles. The monoisotopic (exact) mass is 452 g/mol. The lowest BCUT2D eigenvalue weighted by molar-refractivity contribution is 0.133. The Labute approximate surface area is 180 Å². The number of aromatic nitrogens is 1. The van der Waals surface area contributed by atoms with Gasteiger partial charge in [0, 0.05) is 31.5 Å². The molecular weight excluding hydrogens is 434 g/mol. The second-order valence-corrected chi connectivity index (χ2v) is 6.42. The van der Waals surface area contributed by atoms with E-state index in [1.165, 1.54) is 0 Å². The van der Waals surface area contributed by atoms with Crippen LogP contribution in [-0.2, 0) is 0 Å². The van der Waals surface area contributed by atoms with E-state index in [0.29, 0.717) is 41.2 Å². The Bertz CT molecular complexity index is 736. The molecule has 1 atom stereocenters. The summed E-state index contributed by atoms with van der Waals surface area (Å²) in [6.45, 7) is 2.37. The van der Waals surface area contributed by atoms with E-state index >= 15 is 0 Å². The molecule has 1 aliphatic rings. The molecule has 1 unspecified atom stereocenters. The van der Waals surface area contributed by atoms with Crippen LogP contribution in [0.1, 0.15) is 0 Å². The Kier molecular flexibility index (Phi) is 9.98. The number of carbonyl (C=O) groups excluding carboxylic acids is 1. The molecule has 6 nitrogen and oxygen atoms in total. The first-order valence-corrected chi connectivity index (χ1v) is 8.65. The van der Waals surface area contributed by atoms with Gasteiger partial charge >= 0.3 is 6.03 Å². The van der Waals surface area contributed by atoms with Crippen LogP contribution < -0.4 is 15.4 Å². The molecule has 3 rings (SSSR count). The van der Waals surface area contributed by atoms with Crippen molar-refractivity contribution in [2.24, 2.45) is 0 Å². The van der Waals surface area contributed by atoms with Crippen LogP contribution >= 0.6 is 48.0 Å². The molecule has 1 aromatic heterocycles. The molecule has 1 fully saturated rings. The summed E-state index contributed by atoms with van der Waals surface area (Å²) >= 11 is 11.9. The summed E-state index contributed by atoms with van der Waals surface area (Å²) in [5, 5.41) is 6.98. The van der Waals surface area contributed by atoms with Gasteiger partial charge in [-0.05, 0) is 30.3 Å². The normalized spacial score (nSPS) is 15.9. The maximum absolute atomic E-state index is 12.6. The molecule has 2 aromatic rings. The number of piperazine rings is 1. The fourth-order valence-corrected chi connectivity index (χ4v) is 2.87. The number of urea groups is 1. The molecule has 0 bridgehead atoms. The Morgan fingerprint density at radius 3 is 2.81 bits per heavy atom. The Morgan fingerprint density at radius 1 is 1.30 bits per heavy atom. The van der Waals surface area contributed by atoms with Crippen molar-refractivity contribution in [1.82, 2.24) is 15.2 Å². The first kappa shape index (κ1) is 23.6. The molecule has 2 N–H and O–H groups in total. The standard InChI is InChI=1S/C17H18Cl2N4O2.2ClH/c18-15-4-3-12(8-16(15)19)22-17(24)23-7-6-21-9-13(23)11-25-14-2-1-5-20-10-14;;/h1-5,8,10,13,21H,6-7,9,11H2,(H,22,24);2*1H. The molecule has 10 heteroatoms. The van der Waals surface area contributed by atoms with Crippen LogP contribution in [0.3, 0.4) is 0 Å². The van der Waals surface area contributed by atoms with Gasteiger partial charge in [0.25, 0.3) is 0 Å². The Hall–Kier alpha value is -1.44. The highest BCUT2D eigenvalue weighted by Gasteiger charge is 2.27. The molecule has 27 heavy (non-hydrogen) atoms. The number of anilines is 1. The highest BCUT2D eigenvalue weighted by atomic mass is 35.5. The van der Waals surface area contributed by atoms with E-state index in [2.05, 4.69) is 15.6 Å². The maximum Gasteiger partial charge on any atom is 0.322 e. The van der Waals surface area contributed by atoms with Gasteiger partial charge in [-0.15, -0.1) is 24.8 Å². The fraction of sp³-hybridized carbons (Fsp3) is 0.294. The van der Waals surface area contributed by atoms with Crippen LogP contribution in [0.2, 0.25) is 10.0 Å². The second-order valence-electron chi connectivity index (χ2n) is 5.61. The predicted molar refractivity (Wildman–Crippen MR) is 113 cm³/mol. The van der Waals surface area contributed by atoms with Crippen molar-refractivity contribution < 1.29 is 9.53 Å². The summed E-state index contributed by atoms with van der Waals surface area (Å²) in [7, 11) is 0. The van der Waals surface area contributed by atoms with Gasteiger partial charge in [0.05, 0.1) is 22.3 Å². The third kappa shape index (κ3) is 6.59. The van der Waals surface area contributed by atoms with Gasteiger partial charge in [0.15, 0.2) is 0 Å². The van der Waals surface area contributed by atoms with Crippen LogP contribution in [0, 0.1) is 0 Å². The summed E-state index contributed by atoms with van der Waals surface area (Å²) in [5.74, 6) is 0.679. The minimum Gasteiger partial charge on any atom is -0.490 e. The number of halogens is 4. The maximum atomic E-state index is 12.6. The van der Waals surface area contributed by atoms with Crippen LogP contribution in [0.15, 0.2) is 42.7 Å². The summed E-state index contributed by atoms with van der Waals surface area (Å²) in [5.41, 5.74) is 0.602. The van der Waals surface area contributed by atoms with Gasteiger partial charge in [0.2, 0.25) is 0 Å². The zero-order valence-corrected chi connectivity index (χ0v) is 17.4. The quantitative estimate of drug-likeness (QED) is 0.730. The van der Waals surface area contributed by atoms with Crippen molar-refractivity contribution in [1.29, 1.82) is 0 Å². The van der Waals surface area contributed by atoms with Gasteiger partial charge in [-0.25, -0.2) is 4.79 Å². The first-order chi connectivity index (χ1) is 12.1. The van der Waals surface area contributed by atoms with E-state index in [-0.39, 0.29) is 36.9 Å². The number of nitrogens with one attached hydrogen (secondary N) is 2. The molecule has 1 aromatic carbocycles. The summed E-state index contributed by atoms with van der Waals surface area (Å²) in [6.07, 6.45) is 3.34. The molecule has 148 valence electrons. The van der Waals surface area contributed by atoms with E-state index in [4.69, 9.17) is 27.9 Å². The lowest BCUT2D eigenvalue weighted by Crippen LogP contribution is -2.57. The average molecular weight is 454 g/mol. The van der Waals surface area contributed by atoms with E-state index in [1.54, 1.807) is 35.5 Å². The van der Waals surface area contributed by atoms with Crippen LogP contribution in [-0.4, -0.2) is 48.2 Å². The molecule has 0 saturated carbocycles. The van der Waals surface area contributed by atoms with Gasteiger partial charge in [0.1, 0.15) is 12.4 Å². The first-order valence-electron chi connectivity index (χ1n) is 7.89. The zero-order chi connectivity index (χ0) is 17.6. The lowest BCUT2D eigenvalue weighted by atomic mass is 10.2. The largest absolute Gasteiger partial charge is 0.490 e. The van der Waals surface area contributed by atoms with E-state index in [0.717, 1.165) is 6.54 Å². The minimum absolute atomic E-state index is 0. The molecule has 1 saturated heterocycles. The third-order valence-corrected chi connectivity index (χ3v) is 4.60. The van der Waals surface area contributed by atoms with Crippen molar-refractivity contribution in [3.63, 3.8) is 0 Å². The minimum atomic E-state index is -0.195. The third-order valence-electron chi connectivity index (χ3n) is 3.86. The molecule has 2 amide bonds. The predicted octanol–water partition coefficient (Wildman–Crippen LogP) is 4.12. The number of pyridine rings is 1. The van der Waals surface area contributed by atoms with Crippen molar-refractivity contribution >= 4 is 59.7 Å². The Morgan fingerprint density at radius 2 is 2.11 bits per heavy atom. The van der Waals surface area contributed by atoms with Crippen LogP contribution in [0.25, 0.3) is 0 Å². The summed E-state index contributed by atoms with van der Waals surface area (Å²) < 4.78 is 5.75. The number of hydrogen-bond donors (Lipinski definition) is 2. The van der Waals surface area contributed by atoms with Gasteiger partial charge in [-0.3, -0.25) is 4.98 Å². The molecular formula is C17H20Cl4N4O2. The number of amides is 2. The summed E-state index contributed by atoms with van der Waals surface area (Å²) in [6, 6.07) is 8.37. The average Bonchev–Trinajstić information content (AvgIpc) is 2.64.